The molecule has 2 amide bonds. The second-order valence-corrected chi connectivity index (χ2v) is 9.18. The molecule has 0 spiro atoms. The van der Waals surface area contributed by atoms with Crippen LogP contribution < -0.4 is 10.2 Å². The first-order chi connectivity index (χ1) is 15.5. The van der Waals surface area contributed by atoms with Crippen molar-refractivity contribution in [2.45, 2.75) is 12.8 Å². The average molecular weight is 489 g/mol. The van der Waals surface area contributed by atoms with Gasteiger partial charge in [0.1, 0.15) is 0 Å². The van der Waals surface area contributed by atoms with Crippen LogP contribution in [-0.4, -0.2) is 47.9 Å². The Kier molecular flexibility index (Phi) is 7.29. The number of nitrogens with one attached hydrogen (secondary N) is 1. The quantitative estimate of drug-likeness (QED) is 0.530. The standard InChI is InChI=1S/C23H22Cl2N4O2S/c24-17-6-4-16(5-7-17)22(31)27-23-26-19(15-32-23)8-9-21(30)29-12-10-28(11-13-29)20-3-1-2-18(25)14-20/h1-7,14-15H,8-13H2,(H,26,27,31). The zero-order chi connectivity index (χ0) is 22.5. The maximum absolute atomic E-state index is 12.6. The number of aromatic nitrogens is 1. The van der Waals surface area contributed by atoms with Crippen molar-refractivity contribution in [3.63, 3.8) is 0 Å². The molecule has 0 atom stereocenters. The van der Waals surface area contributed by atoms with Crippen LogP contribution in [0.15, 0.2) is 53.9 Å². The smallest absolute Gasteiger partial charge is 0.257 e. The minimum Gasteiger partial charge on any atom is -0.368 e. The highest BCUT2D eigenvalue weighted by atomic mass is 35.5. The predicted molar refractivity (Wildman–Crippen MR) is 130 cm³/mol. The first-order valence-electron chi connectivity index (χ1n) is 10.3. The van der Waals surface area contributed by atoms with Crippen LogP contribution >= 0.6 is 34.5 Å². The van der Waals surface area contributed by atoms with Crippen molar-refractivity contribution in [1.29, 1.82) is 0 Å². The van der Waals surface area contributed by atoms with E-state index in [0.717, 1.165) is 24.5 Å². The lowest BCUT2D eigenvalue weighted by Gasteiger charge is -2.36. The molecule has 1 N–H and O–H groups in total. The average Bonchev–Trinajstić information content (AvgIpc) is 3.25. The Morgan fingerprint density at radius 3 is 2.47 bits per heavy atom. The third-order valence-electron chi connectivity index (χ3n) is 5.28. The molecule has 0 unspecified atom stereocenters. The molecule has 166 valence electrons. The Labute approximate surface area is 200 Å². The van der Waals surface area contributed by atoms with Gasteiger partial charge in [-0.2, -0.15) is 0 Å². The summed E-state index contributed by atoms with van der Waals surface area (Å²) < 4.78 is 0. The number of amides is 2. The van der Waals surface area contributed by atoms with Gasteiger partial charge in [0.05, 0.1) is 5.69 Å². The van der Waals surface area contributed by atoms with Crippen LogP contribution in [-0.2, 0) is 11.2 Å². The SMILES string of the molecule is O=C(Nc1nc(CCC(=O)N2CCN(c3cccc(Cl)c3)CC2)cs1)c1ccc(Cl)cc1. The molecule has 1 fully saturated rings. The fourth-order valence-electron chi connectivity index (χ4n) is 3.53. The molecule has 0 bridgehead atoms. The van der Waals surface area contributed by atoms with E-state index in [9.17, 15) is 9.59 Å². The topological polar surface area (TPSA) is 65.5 Å². The van der Waals surface area contributed by atoms with Gasteiger partial charge in [-0.1, -0.05) is 29.3 Å². The Bertz CT molecular complexity index is 1100. The monoisotopic (exact) mass is 488 g/mol. The number of hydrogen-bond acceptors (Lipinski definition) is 5. The van der Waals surface area contributed by atoms with E-state index in [1.807, 2.05) is 34.5 Å². The Morgan fingerprint density at radius 2 is 1.75 bits per heavy atom. The highest BCUT2D eigenvalue weighted by molar-refractivity contribution is 7.14. The molecule has 6 nitrogen and oxygen atoms in total. The molecule has 1 aliphatic rings. The van der Waals surface area contributed by atoms with Crippen LogP contribution in [0.4, 0.5) is 10.8 Å². The van der Waals surface area contributed by atoms with Crippen molar-refractivity contribution in [1.82, 2.24) is 9.88 Å². The minimum absolute atomic E-state index is 0.121. The number of nitrogens with zero attached hydrogens (tertiary/aromatic N) is 3. The van der Waals surface area contributed by atoms with Crippen molar-refractivity contribution >= 4 is 57.2 Å². The molecule has 0 radical (unpaired) electrons. The number of piperazine rings is 1. The molecular weight excluding hydrogens is 467 g/mol. The van der Waals surface area contributed by atoms with Gasteiger partial charge in [-0.05, 0) is 48.9 Å². The summed E-state index contributed by atoms with van der Waals surface area (Å²) in [5, 5.41) is 6.47. The van der Waals surface area contributed by atoms with Crippen LogP contribution in [0.2, 0.25) is 10.0 Å². The zero-order valence-corrected chi connectivity index (χ0v) is 19.6. The van der Waals surface area contributed by atoms with E-state index in [1.54, 1.807) is 24.3 Å². The highest BCUT2D eigenvalue weighted by Crippen LogP contribution is 2.22. The van der Waals surface area contributed by atoms with Gasteiger partial charge in [-0.25, -0.2) is 4.98 Å². The summed E-state index contributed by atoms with van der Waals surface area (Å²) in [6, 6.07) is 14.5. The molecule has 0 aliphatic carbocycles. The first kappa shape index (κ1) is 22.6. The van der Waals surface area contributed by atoms with E-state index in [1.165, 1.54) is 11.3 Å². The lowest BCUT2D eigenvalue weighted by molar-refractivity contribution is -0.131. The lowest BCUT2D eigenvalue weighted by atomic mass is 10.2. The Balaban J connectivity index is 1.24. The van der Waals surface area contributed by atoms with Gasteiger partial charge in [0, 0.05) is 59.3 Å². The minimum atomic E-state index is -0.240. The van der Waals surface area contributed by atoms with Gasteiger partial charge in [-0.15, -0.1) is 11.3 Å². The number of anilines is 2. The third kappa shape index (κ3) is 5.79. The van der Waals surface area contributed by atoms with E-state index < -0.39 is 0 Å². The molecule has 1 saturated heterocycles. The summed E-state index contributed by atoms with van der Waals surface area (Å²) in [6.45, 7) is 2.93. The molecule has 2 aromatic carbocycles. The van der Waals surface area contributed by atoms with Crippen molar-refractivity contribution in [3.8, 4) is 0 Å². The summed E-state index contributed by atoms with van der Waals surface area (Å²) in [5.74, 6) is -0.119. The van der Waals surface area contributed by atoms with E-state index >= 15 is 0 Å². The van der Waals surface area contributed by atoms with Crippen molar-refractivity contribution in [3.05, 3.63) is 75.2 Å². The molecule has 3 aromatic rings. The van der Waals surface area contributed by atoms with Crippen LogP contribution in [0.1, 0.15) is 22.5 Å². The maximum atomic E-state index is 12.6. The van der Waals surface area contributed by atoms with Crippen molar-refractivity contribution in [2.24, 2.45) is 0 Å². The van der Waals surface area contributed by atoms with Gasteiger partial charge >= 0.3 is 0 Å². The predicted octanol–water partition coefficient (Wildman–Crippen LogP) is 4.98. The molecule has 0 saturated carbocycles. The van der Waals surface area contributed by atoms with Gasteiger partial charge in [0.2, 0.25) is 5.91 Å². The number of carbonyl (C=O) groups is 2. The number of hydrogen-bond donors (Lipinski definition) is 1. The van der Waals surface area contributed by atoms with E-state index in [-0.39, 0.29) is 11.8 Å². The highest BCUT2D eigenvalue weighted by Gasteiger charge is 2.21. The molecular formula is C23H22Cl2N4O2S. The second kappa shape index (κ2) is 10.3. The largest absolute Gasteiger partial charge is 0.368 e. The van der Waals surface area contributed by atoms with E-state index in [0.29, 0.717) is 46.7 Å². The van der Waals surface area contributed by atoms with Crippen LogP contribution in [0.5, 0.6) is 0 Å². The maximum Gasteiger partial charge on any atom is 0.257 e. The number of thiazole rings is 1. The second-order valence-electron chi connectivity index (χ2n) is 7.45. The molecule has 1 aromatic heterocycles. The summed E-state index contributed by atoms with van der Waals surface area (Å²) in [4.78, 5) is 33.5. The molecule has 2 heterocycles. The lowest BCUT2D eigenvalue weighted by Crippen LogP contribution is -2.48. The summed E-state index contributed by atoms with van der Waals surface area (Å²) in [5.41, 5.74) is 2.39. The van der Waals surface area contributed by atoms with Gasteiger partial charge in [0.25, 0.3) is 5.91 Å². The molecule has 4 rings (SSSR count). The fourth-order valence-corrected chi connectivity index (χ4v) is 4.58. The van der Waals surface area contributed by atoms with Crippen molar-refractivity contribution < 1.29 is 9.59 Å². The first-order valence-corrected chi connectivity index (χ1v) is 11.9. The third-order valence-corrected chi connectivity index (χ3v) is 6.57. The summed E-state index contributed by atoms with van der Waals surface area (Å²) >= 11 is 13.3. The molecule has 32 heavy (non-hydrogen) atoms. The fraction of sp³-hybridized carbons (Fsp3) is 0.261. The van der Waals surface area contributed by atoms with Gasteiger partial charge in [0.15, 0.2) is 5.13 Å². The molecule has 1 aliphatic heterocycles. The Morgan fingerprint density at radius 1 is 1.00 bits per heavy atom. The number of benzene rings is 2. The van der Waals surface area contributed by atoms with E-state index in [2.05, 4.69) is 15.2 Å². The number of rotatable bonds is 6. The zero-order valence-electron chi connectivity index (χ0n) is 17.3. The van der Waals surface area contributed by atoms with Crippen molar-refractivity contribution in [2.75, 3.05) is 36.4 Å². The normalized spacial score (nSPS) is 13.8. The number of halogens is 2. The Hall–Kier alpha value is -2.61. The summed E-state index contributed by atoms with van der Waals surface area (Å²) in [6.07, 6.45) is 0.937. The molecule has 9 heteroatoms. The van der Waals surface area contributed by atoms with Gasteiger partial charge in [-0.3, -0.25) is 14.9 Å². The van der Waals surface area contributed by atoms with Gasteiger partial charge < -0.3 is 9.80 Å². The summed E-state index contributed by atoms with van der Waals surface area (Å²) in [7, 11) is 0. The van der Waals surface area contributed by atoms with Crippen LogP contribution in [0.25, 0.3) is 0 Å². The van der Waals surface area contributed by atoms with Crippen LogP contribution in [0, 0.1) is 0 Å². The number of aryl methyl sites for hydroxylation is 1. The van der Waals surface area contributed by atoms with E-state index in [4.69, 9.17) is 23.2 Å². The number of carbonyl (C=O) groups excluding carboxylic acids is 2. The van der Waals surface area contributed by atoms with Crippen LogP contribution in [0.3, 0.4) is 0 Å².